The van der Waals surface area contributed by atoms with Gasteiger partial charge in [0.25, 0.3) is 0 Å². The molecule has 0 saturated heterocycles. The molecule has 0 amide bonds. The molecule has 0 aliphatic heterocycles. The Morgan fingerprint density at radius 2 is 1.44 bits per heavy atom. The van der Waals surface area contributed by atoms with Crippen LogP contribution in [0.1, 0.15) is 23.6 Å². The van der Waals surface area contributed by atoms with Gasteiger partial charge in [-0.1, -0.05) is 0 Å². The predicted molar refractivity (Wildman–Crippen MR) is 69.8 cm³/mol. The average Bonchev–Trinajstić information content (AvgIpc) is 2.30. The summed E-state index contributed by atoms with van der Waals surface area (Å²) in [5.74, 6) is 0. The maximum atomic E-state index is 2.33. The van der Waals surface area contributed by atoms with Gasteiger partial charge in [-0.2, -0.15) is 0 Å². The van der Waals surface area contributed by atoms with Crippen LogP contribution in [-0.4, -0.2) is 24.7 Å². The number of rotatable bonds is 2. The van der Waals surface area contributed by atoms with E-state index in [4.69, 9.17) is 0 Å². The summed E-state index contributed by atoms with van der Waals surface area (Å²) < 4.78 is 0.187. The van der Waals surface area contributed by atoms with Gasteiger partial charge in [0.15, 0.2) is 0 Å². The fraction of sp³-hybridized carbons (Fsp3) is 0.200. The third-order valence-corrected chi connectivity index (χ3v) is 4.95. The molecule has 2 aromatic rings. The van der Waals surface area contributed by atoms with Crippen molar-refractivity contribution in [3.63, 3.8) is 0 Å². The molecule has 0 N–H and O–H groups in total. The zero-order valence-corrected chi connectivity index (χ0v) is 13.1. The molecule has 0 spiro atoms. The van der Waals surface area contributed by atoms with E-state index < -0.39 is 0 Å². The molecular weight excluding hydrogens is 389 g/mol. The average molecular weight is 404 g/mol. The van der Waals surface area contributed by atoms with Crippen molar-refractivity contribution in [2.45, 2.75) is 17.0 Å². The first-order valence-electron chi connectivity index (χ1n) is 5.46. The van der Waals surface area contributed by atoms with Crippen LogP contribution in [0, 0.1) is 6.92 Å². The van der Waals surface area contributed by atoms with Crippen LogP contribution in [0.3, 0.4) is 0 Å². The van der Waals surface area contributed by atoms with E-state index in [2.05, 4.69) is 68.4 Å². The van der Waals surface area contributed by atoms with E-state index in [1.54, 1.807) is 0 Å². The van der Waals surface area contributed by atoms with Gasteiger partial charge in [-0.3, -0.25) is 0 Å². The SMILES string of the molecule is Cc1ccccc1[C](C)([Bi])c1ccccc1. The molecule has 0 aliphatic rings. The standard InChI is InChI=1S/C15H15.Bi/c1-12-8-6-7-11-15(12)13(2)14-9-4-3-5-10-14;/h3-11H,1-2H3;. The summed E-state index contributed by atoms with van der Waals surface area (Å²) >= 11 is 1.35. The van der Waals surface area contributed by atoms with Gasteiger partial charge in [0.2, 0.25) is 0 Å². The topological polar surface area (TPSA) is 0 Å². The van der Waals surface area contributed by atoms with E-state index in [0.717, 1.165) is 0 Å². The maximum absolute atomic E-state index is 2.33. The van der Waals surface area contributed by atoms with Crippen LogP contribution in [0.5, 0.6) is 0 Å². The van der Waals surface area contributed by atoms with Crippen molar-refractivity contribution in [3.05, 3.63) is 71.3 Å². The van der Waals surface area contributed by atoms with E-state index in [0.29, 0.717) is 0 Å². The monoisotopic (exact) mass is 404 g/mol. The van der Waals surface area contributed by atoms with Gasteiger partial charge >= 0.3 is 113 Å². The normalized spacial score (nSPS) is 14.4. The molecule has 2 radical (unpaired) electrons. The first-order valence-corrected chi connectivity index (χ1v) is 7.20. The van der Waals surface area contributed by atoms with Crippen molar-refractivity contribution in [2.75, 3.05) is 0 Å². The van der Waals surface area contributed by atoms with Crippen molar-refractivity contribution in [2.24, 2.45) is 0 Å². The first-order chi connectivity index (χ1) is 7.62. The van der Waals surface area contributed by atoms with Crippen LogP contribution < -0.4 is 0 Å². The summed E-state index contributed by atoms with van der Waals surface area (Å²) in [6.45, 7) is 4.53. The van der Waals surface area contributed by atoms with E-state index in [-0.39, 0.29) is 3.12 Å². The second-order valence-corrected chi connectivity index (χ2v) is 7.73. The summed E-state index contributed by atoms with van der Waals surface area (Å²) in [6, 6.07) is 19.5. The van der Waals surface area contributed by atoms with Crippen molar-refractivity contribution in [1.29, 1.82) is 0 Å². The summed E-state index contributed by atoms with van der Waals surface area (Å²) in [5.41, 5.74) is 4.25. The Hall–Kier alpha value is -0.677. The molecule has 0 aliphatic carbocycles. The molecule has 80 valence electrons. The minimum absolute atomic E-state index is 0.187. The molecule has 0 aromatic heterocycles. The molecule has 0 fully saturated rings. The molecule has 1 unspecified atom stereocenters. The van der Waals surface area contributed by atoms with Gasteiger partial charge in [0.05, 0.1) is 0 Å². The van der Waals surface area contributed by atoms with Crippen molar-refractivity contribution in [3.8, 4) is 0 Å². The second kappa shape index (κ2) is 4.67. The van der Waals surface area contributed by atoms with Crippen molar-refractivity contribution in [1.82, 2.24) is 0 Å². The molecular formula is C15H15Bi. The molecule has 2 aromatic carbocycles. The zero-order chi connectivity index (χ0) is 11.6. The van der Waals surface area contributed by atoms with E-state index >= 15 is 0 Å². The Balaban J connectivity index is 2.51. The van der Waals surface area contributed by atoms with Crippen LogP contribution in [0.25, 0.3) is 0 Å². The van der Waals surface area contributed by atoms with Crippen molar-refractivity contribution >= 4 is 24.7 Å². The molecule has 0 bridgehead atoms. The zero-order valence-electron chi connectivity index (χ0n) is 9.64. The molecule has 16 heavy (non-hydrogen) atoms. The van der Waals surface area contributed by atoms with E-state index in [1.165, 1.54) is 41.4 Å². The second-order valence-electron chi connectivity index (χ2n) is 4.25. The van der Waals surface area contributed by atoms with Crippen molar-refractivity contribution < 1.29 is 0 Å². The third kappa shape index (κ3) is 2.20. The summed E-state index contributed by atoms with van der Waals surface area (Å²) in [7, 11) is 0. The number of hydrogen-bond acceptors (Lipinski definition) is 0. The van der Waals surface area contributed by atoms with Gasteiger partial charge in [0.1, 0.15) is 0 Å². The molecule has 1 atom stereocenters. The molecule has 2 rings (SSSR count). The van der Waals surface area contributed by atoms with E-state index in [9.17, 15) is 0 Å². The predicted octanol–water partition coefficient (Wildman–Crippen LogP) is 3.43. The van der Waals surface area contributed by atoms with Gasteiger partial charge < -0.3 is 0 Å². The Bertz CT molecular complexity index is 472. The van der Waals surface area contributed by atoms with Gasteiger partial charge in [-0.25, -0.2) is 0 Å². The van der Waals surface area contributed by atoms with Crippen LogP contribution >= 0.6 is 0 Å². The Labute approximate surface area is 113 Å². The Morgan fingerprint density at radius 1 is 0.875 bits per heavy atom. The Morgan fingerprint density at radius 3 is 2.06 bits per heavy atom. The molecule has 0 nitrogen and oxygen atoms in total. The summed E-state index contributed by atoms with van der Waals surface area (Å²) in [6.07, 6.45) is 0. The van der Waals surface area contributed by atoms with Crippen LogP contribution in [0.4, 0.5) is 0 Å². The minimum atomic E-state index is 0.187. The summed E-state index contributed by atoms with van der Waals surface area (Å²) in [5, 5.41) is 0. The molecule has 0 saturated carbocycles. The van der Waals surface area contributed by atoms with Crippen LogP contribution in [0.2, 0.25) is 0 Å². The summed E-state index contributed by atoms with van der Waals surface area (Å²) in [4.78, 5) is 0. The van der Waals surface area contributed by atoms with E-state index in [1.807, 2.05) is 0 Å². The first kappa shape index (κ1) is 11.8. The van der Waals surface area contributed by atoms with Gasteiger partial charge in [0, 0.05) is 0 Å². The van der Waals surface area contributed by atoms with Crippen LogP contribution in [-0.2, 0) is 3.12 Å². The molecule has 1 heteroatoms. The third-order valence-electron chi connectivity index (χ3n) is 3.01. The van der Waals surface area contributed by atoms with Crippen LogP contribution in [0.15, 0.2) is 54.6 Å². The quantitative estimate of drug-likeness (QED) is 0.673. The number of hydrogen-bond donors (Lipinski definition) is 0. The fourth-order valence-corrected chi connectivity index (χ4v) is 3.59. The number of aryl methyl sites for hydroxylation is 1. The number of benzene rings is 2. The molecule has 0 heterocycles. The van der Waals surface area contributed by atoms with Gasteiger partial charge in [-0.15, -0.1) is 0 Å². The Kier molecular flexibility index (Phi) is 3.45. The van der Waals surface area contributed by atoms with Gasteiger partial charge in [-0.05, 0) is 0 Å². The fourth-order valence-electron chi connectivity index (χ4n) is 2.04.